The van der Waals surface area contributed by atoms with Crippen LogP contribution in [0.25, 0.3) is 0 Å². The van der Waals surface area contributed by atoms with E-state index in [1.165, 1.54) is 12.0 Å². The first kappa shape index (κ1) is 20.6. The van der Waals surface area contributed by atoms with Crippen molar-refractivity contribution in [2.75, 3.05) is 45.2 Å². The molecule has 0 saturated carbocycles. The van der Waals surface area contributed by atoms with Crippen molar-refractivity contribution in [3.05, 3.63) is 52.9 Å². The predicted octanol–water partition coefficient (Wildman–Crippen LogP) is 1.69. The Labute approximate surface area is 171 Å². The van der Waals surface area contributed by atoms with E-state index >= 15 is 0 Å². The van der Waals surface area contributed by atoms with Crippen LogP contribution in [-0.4, -0.2) is 59.6 Å². The van der Waals surface area contributed by atoms with Gasteiger partial charge in [-0.2, -0.15) is 0 Å². The minimum absolute atomic E-state index is 0.00655. The number of piperazine rings is 1. The number of anilines is 1. The predicted molar refractivity (Wildman–Crippen MR) is 116 cm³/mol. The fourth-order valence-electron chi connectivity index (χ4n) is 3.15. The van der Waals surface area contributed by atoms with Crippen LogP contribution >= 0.6 is 11.3 Å². The van der Waals surface area contributed by atoms with Gasteiger partial charge in [0.1, 0.15) is 0 Å². The van der Waals surface area contributed by atoms with Gasteiger partial charge in [-0.25, -0.2) is 13.1 Å². The van der Waals surface area contributed by atoms with Crippen molar-refractivity contribution in [3.63, 3.8) is 0 Å². The molecule has 1 aromatic carbocycles. The van der Waals surface area contributed by atoms with Gasteiger partial charge in [-0.3, -0.25) is 4.99 Å². The number of nitrogens with zero attached hydrogens (tertiary/aromatic N) is 3. The molecule has 7 nitrogen and oxygen atoms in total. The van der Waals surface area contributed by atoms with Gasteiger partial charge in [0, 0.05) is 39.8 Å². The summed E-state index contributed by atoms with van der Waals surface area (Å²) in [6.45, 7) is 4.47. The molecular formula is C19H27N5O2S2. The zero-order chi connectivity index (χ0) is 20.0. The second-order valence-corrected chi connectivity index (χ2v) is 9.46. The number of benzene rings is 1. The summed E-state index contributed by atoms with van der Waals surface area (Å²) in [5.74, 6) is 0.889. The Morgan fingerprint density at radius 2 is 1.79 bits per heavy atom. The molecular weight excluding hydrogens is 394 g/mol. The first-order valence-corrected chi connectivity index (χ1v) is 11.8. The van der Waals surface area contributed by atoms with Crippen molar-refractivity contribution in [3.8, 4) is 0 Å². The summed E-state index contributed by atoms with van der Waals surface area (Å²) in [7, 11) is -0.00986. The molecule has 1 aliphatic heterocycles. The molecule has 152 valence electrons. The third-order valence-corrected chi connectivity index (χ3v) is 7.01. The molecule has 2 N–H and O–H groups in total. The summed E-state index contributed by atoms with van der Waals surface area (Å²) in [5.41, 5.74) is 1.86. The minimum Gasteiger partial charge on any atom is -0.360 e. The third kappa shape index (κ3) is 5.46. The lowest BCUT2D eigenvalue weighted by atomic mass is 10.1. The van der Waals surface area contributed by atoms with Crippen LogP contribution in [0.1, 0.15) is 11.1 Å². The summed E-state index contributed by atoms with van der Waals surface area (Å²) in [5, 5.41) is 6.85. The van der Waals surface area contributed by atoms with Gasteiger partial charge < -0.3 is 15.1 Å². The quantitative estimate of drug-likeness (QED) is 0.548. The zero-order valence-corrected chi connectivity index (χ0v) is 17.9. The van der Waals surface area contributed by atoms with E-state index in [-0.39, 0.29) is 5.75 Å². The molecule has 1 saturated heterocycles. The normalized spacial score (nSPS) is 15.7. The van der Waals surface area contributed by atoms with Crippen molar-refractivity contribution in [1.82, 2.24) is 14.9 Å². The van der Waals surface area contributed by atoms with Crippen LogP contribution in [0.15, 0.2) is 46.8 Å². The van der Waals surface area contributed by atoms with Crippen LogP contribution in [-0.2, 0) is 22.3 Å². The maximum absolute atomic E-state index is 11.6. The highest BCUT2D eigenvalue weighted by molar-refractivity contribution is 7.88. The molecule has 28 heavy (non-hydrogen) atoms. The number of hydrogen-bond donors (Lipinski definition) is 2. The number of nitrogens with one attached hydrogen (secondary N) is 2. The number of aliphatic imine (C=N–C) groups is 1. The number of thiophene rings is 1. The third-order valence-electron chi connectivity index (χ3n) is 4.75. The van der Waals surface area contributed by atoms with Crippen LogP contribution in [0, 0.1) is 0 Å². The second-order valence-electron chi connectivity index (χ2n) is 6.61. The van der Waals surface area contributed by atoms with E-state index in [2.05, 4.69) is 42.3 Å². The van der Waals surface area contributed by atoms with Crippen LogP contribution < -0.4 is 14.9 Å². The maximum Gasteiger partial charge on any atom is 0.215 e. The average molecular weight is 422 g/mol. The number of rotatable bonds is 6. The molecule has 0 spiro atoms. The van der Waals surface area contributed by atoms with E-state index in [0.717, 1.165) is 43.3 Å². The number of sulfonamides is 1. The Morgan fingerprint density at radius 1 is 1.11 bits per heavy atom. The Balaban J connectivity index is 1.50. The summed E-state index contributed by atoms with van der Waals surface area (Å²) in [4.78, 5) is 9.10. The molecule has 2 aromatic rings. The van der Waals surface area contributed by atoms with Gasteiger partial charge in [-0.05, 0) is 35.7 Å². The monoisotopic (exact) mass is 421 g/mol. The van der Waals surface area contributed by atoms with Gasteiger partial charge in [0.15, 0.2) is 5.96 Å². The van der Waals surface area contributed by atoms with E-state index in [1.807, 2.05) is 24.3 Å². The highest BCUT2D eigenvalue weighted by atomic mass is 32.2. The molecule has 0 atom stereocenters. The summed E-state index contributed by atoms with van der Waals surface area (Å²) in [6, 6.07) is 11.9. The highest BCUT2D eigenvalue weighted by Gasteiger charge is 2.20. The van der Waals surface area contributed by atoms with Crippen molar-refractivity contribution >= 4 is 32.3 Å². The Hall–Kier alpha value is -2.10. The molecule has 0 amide bonds. The minimum atomic E-state index is -3.25. The topological polar surface area (TPSA) is 77.0 Å². The van der Waals surface area contributed by atoms with Gasteiger partial charge in [-0.15, -0.1) is 11.3 Å². The van der Waals surface area contributed by atoms with Gasteiger partial charge in [0.25, 0.3) is 0 Å². The van der Waals surface area contributed by atoms with E-state index in [4.69, 9.17) is 0 Å². The van der Waals surface area contributed by atoms with Gasteiger partial charge >= 0.3 is 0 Å². The van der Waals surface area contributed by atoms with Crippen molar-refractivity contribution < 1.29 is 8.42 Å². The highest BCUT2D eigenvalue weighted by Crippen LogP contribution is 2.22. The SMILES string of the molecule is CN=C(NCc1ccc(CS(=O)(=O)NC)cc1)N1CCN(c2cccs2)CC1. The average Bonchev–Trinajstić information content (AvgIpc) is 3.25. The van der Waals surface area contributed by atoms with Crippen molar-refractivity contribution in [2.45, 2.75) is 12.3 Å². The standard InChI is InChI=1S/C19H27N5O2S2/c1-20-19(24-11-9-23(10-12-24)18-4-3-13-27-18)22-14-16-5-7-17(8-6-16)15-28(25,26)21-2/h3-8,13,21H,9-12,14-15H2,1-2H3,(H,20,22). The smallest absolute Gasteiger partial charge is 0.215 e. The van der Waals surface area contributed by atoms with E-state index in [1.54, 1.807) is 18.4 Å². The molecule has 2 heterocycles. The van der Waals surface area contributed by atoms with Gasteiger partial charge in [0.05, 0.1) is 10.8 Å². The zero-order valence-electron chi connectivity index (χ0n) is 16.3. The van der Waals surface area contributed by atoms with Gasteiger partial charge in [0.2, 0.25) is 10.0 Å². The first-order chi connectivity index (χ1) is 13.5. The van der Waals surface area contributed by atoms with Crippen LogP contribution in [0.4, 0.5) is 5.00 Å². The molecule has 3 rings (SSSR count). The molecule has 0 unspecified atom stereocenters. The van der Waals surface area contributed by atoms with E-state index in [0.29, 0.717) is 6.54 Å². The fraction of sp³-hybridized carbons (Fsp3) is 0.421. The molecule has 0 radical (unpaired) electrons. The molecule has 0 aliphatic carbocycles. The number of guanidine groups is 1. The van der Waals surface area contributed by atoms with Crippen LogP contribution in [0.3, 0.4) is 0 Å². The summed E-state index contributed by atoms with van der Waals surface area (Å²) in [6.07, 6.45) is 0. The van der Waals surface area contributed by atoms with Crippen molar-refractivity contribution in [2.24, 2.45) is 4.99 Å². The van der Waals surface area contributed by atoms with E-state index in [9.17, 15) is 8.42 Å². The Bertz CT molecular complexity index is 872. The molecule has 1 aromatic heterocycles. The molecule has 0 bridgehead atoms. The van der Waals surface area contributed by atoms with Crippen LogP contribution in [0.5, 0.6) is 0 Å². The second kappa shape index (κ2) is 9.40. The largest absolute Gasteiger partial charge is 0.360 e. The number of hydrogen-bond acceptors (Lipinski definition) is 5. The van der Waals surface area contributed by atoms with E-state index < -0.39 is 10.0 Å². The molecule has 1 fully saturated rings. The molecule has 1 aliphatic rings. The Kier molecular flexibility index (Phi) is 6.93. The lowest BCUT2D eigenvalue weighted by Crippen LogP contribution is -2.52. The lowest BCUT2D eigenvalue weighted by molar-refractivity contribution is 0.373. The maximum atomic E-state index is 11.6. The molecule has 9 heteroatoms. The lowest BCUT2D eigenvalue weighted by Gasteiger charge is -2.37. The van der Waals surface area contributed by atoms with Crippen molar-refractivity contribution in [1.29, 1.82) is 0 Å². The Morgan fingerprint density at radius 3 is 2.36 bits per heavy atom. The fourth-order valence-corrected chi connectivity index (χ4v) is 4.71. The first-order valence-electron chi connectivity index (χ1n) is 9.24. The van der Waals surface area contributed by atoms with Crippen LogP contribution in [0.2, 0.25) is 0 Å². The van der Waals surface area contributed by atoms with Gasteiger partial charge in [-0.1, -0.05) is 24.3 Å². The summed E-state index contributed by atoms with van der Waals surface area (Å²) >= 11 is 1.78. The summed E-state index contributed by atoms with van der Waals surface area (Å²) < 4.78 is 25.6.